The van der Waals surface area contributed by atoms with Gasteiger partial charge in [-0.15, -0.1) is 0 Å². The number of hydrogen-bond donors (Lipinski definition) is 1. The smallest absolute Gasteiger partial charge is 0.0538 e. The molecule has 4 aromatic rings. The minimum Gasteiger partial charge on any atom is -0.359 e. The molecule has 0 atom stereocenters. The maximum Gasteiger partial charge on any atom is 0.0538 e. The van der Waals surface area contributed by atoms with Crippen LogP contribution in [0, 0.1) is 0 Å². The molecular weight excluding hydrogens is 388 g/mol. The van der Waals surface area contributed by atoms with Gasteiger partial charge in [0.05, 0.1) is 5.52 Å². The fourth-order valence-electron chi connectivity index (χ4n) is 4.91. The maximum atomic E-state index is 3.55. The first kappa shape index (κ1) is 18.9. The van der Waals surface area contributed by atoms with Crippen molar-refractivity contribution in [3.63, 3.8) is 0 Å². The molecule has 32 heavy (non-hydrogen) atoms. The largest absolute Gasteiger partial charge is 0.359 e. The number of nitrogens with zero attached hydrogens (tertiary/aromatic N) is 1. The summed E-state index contributed by atoms with van der Waals surface area (Å²) in [6.45, 7) is 0. The fraction of sp³-hybridized carbons (Fsp3) is 0.133. The Morgan fingerprint density at radius 1 is 0.750 bits per heavy atom. The van der Waals surface area contributed by atoms with Crippen molar-refractivity contribution in [2.45, 2.75) is 25.7 Å². The van der Waals surface area contributed by atoms with Gasteiger partial charge in [0, 0.05) is 33.7 Å². The Labute approximate surface area is 189 Å². The van der Waals surface area contributed by atoms with Gasteiger partial charge < -0.3 is 9.88 Å². The Kier molecular flexibility index (Phi) is 4.77. The number of hydrogen-bond acceptors (Lipinski definition) is 1. The van der Waals surface area contributed by atoms with E-state index < -0.39 is 0 Å². The first-order valence-corrected chi connectivity index (χ1v) is 11.5. The van der Waals surface area contributed by atoms with Crippen LogP contribution in [0.25, 0.3) is 33.8 Å². The number of nitrogens with one attached hydrogen (secondary N) is 1. The highest BCUT2D eigenvalue weighted by Gasteiger charge is 2.19. The van der Waals surface area contributed by atoms with Crippen molar-refractivity contribution in [2.24, 2.45) is 0 Å². The lowest BCUT2D eigenvalue weighted by atomic mass is 9.99. The molecule has 0 aliphatic heterocycles. The highest BCUT2D eigenvalue weighted by Crippen LogP contribution is 2.36. The summed E-state index contributed by atoms with van der Waals surface area (Å²) in [5.74, 6) is 0. The van der Waals surface area contributed by atoms with E-state index in [2.05, 4.69) is 113 Å². The third-order valence-electron chi connectivity index (χ3n) is 6.49. The summed E-state index contributed by atoms with van der Waals surface area (Å²) in [6.07, 6.45) is 15.5. The number of para-hydroxylation sites is 1. The minimum atomic E-state index is 1.08. The quantitative estimate of drug-likeness (QED) is 0.359. The summed E-state index contributed by atoms with van der Waals surface area (Å²) in [5.41, 5.74) is 10.2. The molecule has 1 N–H and O–H groups in total. The number of aromatic nitrogens is 1. The summed E-state index contributed by atoms with van der Waals surface area (Å²) in [6, 6.07) is 26.4. The molecule has 2 nitrogen and oxygen atoms in total. The molecule has 0 fully saturated rings. The molecule has 156 valence electrons. The molecule has 0 saturated carbocycles. The Morgan fingerprint density at radius 2 is 1.56 bits per heavy atom. The summed E-state index contributed by atoms with van der Waals surface area (Å²) in [4.78, 5) is 0. The lowest BCUT2D eigenvalue weighted by Crippen LogP contribution is -2.02. The van der Waals surface area contributed by atoms with Gasteiger partial charge in [-0.1, -0.05) is 60.7 Å². The number of anilines is 1. The number of benzene rings is 3. The molecule has 0 unspecified atom stereocenters. The molecule has 6 rings (SSSR count). The standard InChI is InChI=1S/C30H26N2/c1-3-9-24(10-4-1)31-25-18-15-22(16-19-25)23-17-20-30-28(21-23)27-13-7-8-14-29(27)32(30)26-11-5-2-6-12-26/h1-3,5-7,9,11-13,15-21,31H,4,8,10,14H2. The van der Waals surface area contributed by atoms with E-state index in [1.807, 2.05) is 0 Å². The van der Waals surface area contributed by atoms with Crippen molar-refractivity contribution < 1.29 is 0 Å². The molecule has 0 spiro atoms. The minimum absolute atomic E-state index is 1.08. The first-order chi connectivity index (χ1) is 15.9. The van der Waals surface area contributed by atoms with Crippen LogP contribution in [0.1, 0.15) is 30.5 Å². The van der Waals surface area contributed by atoms with Gasteiger partial charge in [-0.05, 0) is 79.3 Å². The van der Waals surface area contributed by atoms with E-state index >= 15 is 0 Å². The average Bonchev–Trinajstić information content (AvgIpc) is 3.19. The second-order valence-electron chi connectivity index (χ2n) is 8.57. The first-order valence-electron chi connectivity index (χ1n) is 11.5. The molecule has 2 aliphatic carbocycles. The van der Waals surface area contributed by atoms with Crippen LogP contribution in [0.2, 0.25) is 0 Å². The number of rotatable bonds is 4. The predicted octanol–water partition coefficient (Wildman–Crippen LogP) is 7.90. The molecule has 2 aliphatic rings. The van der Waals surface area contributed by atoms with E-state index in [9.17, 15) is 0 Å². The summed E-state index contributed by atoms with van der Waals surface area (Å²) in [7, 11) is 0. The highest BCUT2D eigenvalue weighted by molar-refractivity contribution is 5.96. The SMILES string of the molecule is C1=CCCC(Nc2ccc(-c3ccc4c(c3)c3c(n4-c4ccccc4)CCC=C3)cc2)=C1. The van der Waals surface area contributed by atoms with E-state index in [-0.39, 0.29) is 0 Å². The molecule has 3 aromatic carbocycles. The Hall–Kier alpha value is -3.78. The lowest BCUT2D eigenvalue weighted by Gasteiger charge is -2.13. The van der Waals surface area contributed by atoms with Crippen LogP contribution in [-0.2, 0) is 6.42 Å². The molecule has 0 radical (unpaired) electrons. The lowest BCUT2D eigenvalue weighted by molar-refractivity contribution is 0.888. The summed E-state index contributed by atoms with van der Waals surface area (Å²) in [5, 5.41) is 4.88. The van der Waals surface area contributed by atoms with Crippen molar-refractivity contribution in [3.8, 4) is 16.8 Å². The van der Waals surface area contributed by atoms with Crippen LogP contribution in [0.3, 0.4) is 0 Å². The molecule has 0 amide bonds. The Balaban J connectivity index is 1.39. The predicted molar refractivity (Wildman–Crippen MR) is 136 cm³/mol. The molecule has 1 heterocycles. The topological polar surface area (TPSA) is 17.0 Å². The highest BCUT2D eigenvalue weighted by atomic mass is 15.0. The molecule has 1 aromatic heterocycles. The van der Waals surface area contributed by atoms with Gasteiger partial charge in [0.1, 0.15) is 0 Å². The van der Waals surface area contributed by atoms with Crippen molar-refractivity contribution >= 4 is 22.7 Å². The third kappa shape index (κ3) is 3.38. The summed E-state index contributed by atoms with van der Waals surface area (Å²) >= 11 is 0. The van der Waals surface area contributed by atoms with Crippen LogP contribution in [0.15, 0.2) is 103 Å². The average molecular weight is 415 g/mol. The zero-order valence-electron chi connectivity index (χ0n) is 18.1. The Bertz CT molecular complexity index is 1370. The molecular formula is C30H26N2. The van der Waals surface area contributed by atoms with E-state index in [1.165, 1.54) is 44.7 Å². The fourth-order valence-corrected chi connectivity index (χ4v) is 4.91. The second kappa shape index (κ2) is 8.05. The van der Waals surface area contributed by atoms with Gasteiger partial charge >= 0.3 is 0 Å². The van der Waals surface area contributed by atoms with Crippen molar-refractivity contribution in [2.75, 3.05) is 5.32 Å². The van der Waals surface area contributed by atoms with Crippen molar-refractivity contribution in [1.82, 2.24) is 4.57 Å². The third-order valence-corrected chi connectivity index (χ3v) is 6.49. The van der Waals surface area contributed by atoms with Crippen LogP contribution >= 0.6 is 0 Å². The monoisotopic (exact) mass is 414 g/mol. The van der Waals surface area contributed by atoms with Gasteiger partial charge in [0.2, 0.25) is 0 Å². The van der Waals surface area contributed by atoms with Gasteiger partial charge in [-0.25, -0.2) is 0 Å². The van der Waals surface area contributed by atoms with Crippen LogP contribution in [0.5, 0.6) is 0 Å². The maximum absolute atomic E-state index is 3.55. The number of fused-ring (bicyclic) bond motifs is 3. The van der Waals surface area contributed by atoms with E-state index in [1.54, 1.807) is 0 Å². The van der Waals surface area contributed by atoms with E-state index in [4.69, 9.17) is 0 Å². The van der Waals surface area contributed by atoms with Gasteiger partial charge in [0.25, 0.3) is 0 Å². The zero-order chi connectivity index (χ0) is 21.3. The van der Waals surface area contributed by atoms with E-state index in [0.29, 0.717) is 0 Å². The molecule has 0 bridgehead atoms. The van der Waals surface area contributed by atoms with Crippen molar-refractivity contribution in [1.29, 1.82) is 0 Å². The second-order valence-corrected chi connectivity index (χ2v) is 8.57. The van der Waals surface area contributed by atoms with Gasteiger partial charge in [0.15, 0.2) is 0 Å². The van der Waals surface area contributed by atoms with Gasteiger partial charge in [-0.3, -0.25) is 0 Å². The van der Waals surface area contributed by atoms with Crippen LogP contribution in [0.4, 0.5) is 5.69 Å². The van der Waals surface area contributed by atoms with E-state index in [0.717, 1.165) is 31.4 Å². The normalized spacial score (nSPS) is 14.9. The Morgan fingerprint density at radius 3 is 2.38 bits per heavy atom. The number of allylic oxidation sites excluding steroid dienone is 5. The van der Waals surface area contributed by atoms with Crippen LogP contribution in [-0.4, -0.2) is 4.57 Å². The van der Waals surface area contributed by atoms with Crippen LogP contribution < -0.4 is 5.32 Å². The molecule has 0 saturated heterocycles. The van der Waals surface area contributed by atoms with Crippen molar-refractivity contribution in [3.05, 3.63) is 114 Å². The zero-order valence-corrected chi connectivity index (χ0v) is 18.1. The van der Waals surface area contributed by atoms with Gasteiger partial charge in [-0.2, -0.15) is 0 Å². The summed E-state index contributed by atoms with van der Waals surface area (Å²) < 4.78 is 2.44. The molecule has 2 heteroatoms.